The number of hydrogen-bond acceptors (Lipinski definition) is 3. The SMILES string of the molecule is CC1(c2cc([N+](=O)[O-])cc(F)c2F)CC[C@@](F)(CF)C(=O)N1. The minimum Gasteiger partial charge on any atom is -0.344 e. The molecule has 0 aliphatic carbocycles. The van der Waals surface area contributed by atoms with Crippen LogP contribution in [0.5, 0.6) is 0 Å². The third-order valence-electron chi connectivity index (χ3n) is 3.85. The van der Waals surface area contributed by atoms with Crippen molar-refractivity contribution in [3.05, 3.63) is 39.4 Å². The minimum atomic E-state index is -2.73. The van der Waals surface area contributed by atoms with Gasteiger partial charge in [0.1, 0.15) is 6.67 Å². The highest BCUT2D eigenvalue weighted by molar-refractivity contribution is 5.87. The van der Waals surface area contributed by atoms with Gasteiger partial charge in [-0.05, 0) is 19.8 Å². The molecule has 0 aromatic heterocycles. The highest BCUT2D eigenvalue weighted by atomic mass is 19.2. The highest BCUT2D eigenvalue weighted by Crippen LogP contribution is 2.39. The zero-order valence-electron chi connectivity index (χ0n) is 11.5. The summed E-state index contributed by atoms with van der Waals surface area (Å²) in [5, 5.41) is 12.8. The maximum Gasteiger partial charge on any atom is 0.272 e. The molecule has 1 saturated heterocycles. The van der Waals surface area contributed by atoms with Gasteiger partial charge in [-0.2, -0.15) is 0 Å². The molecule has 1 fully saturated rings. The van der Waals surface area contributed by atoms with Gasteiger partial charge in [0.2, 0.25) is 5.67 Å². The number of nitro groups is 1. The number of amides is 1. The fourth-order valence-corrected chi connectivity index (χ4v) is 2.40. The molecule has 1 aromatic rings. The van der Waals surface area contributed by atoms with Crippen molar-refractivity contribution in [1.82, 2.24) is 5.32 Å². The minimum absolute atomic E-state index is 0.239. The molecule has 1 amide bonds. The first-order valence-corrected chi connectivity index (χ1v) is 6.34. The number of nitrogens with one attached hydrogen (secondary N) is 1. The Bertz CT molecular complexity index is 654. The van der Waals surface area contributed by atoms with Gasteiger partial charge >= 0.3 is 0 Å². The number of non-ortho nitro benzene ring substituents is 1. The summed E-state index contributed by atoms with van der Waals surface area (Å²) >= 11 is 0. The Morgan fingerprint density at radius 2 is 2.00 bits per heavy atom. The first kappa shape index (κ1) is 16.2. The summed E-state index contributed by atoms with van der Waals surface area (Å²) in [6.45, 7) is -0.273. The molecule has 22 heavy (non-hydrogen) atoms. The van der Waals surface area contributed by atoms with Crippen molar-refractivity contribution in [2.24, 2.45) is 0 Å². The van der Waals surface area contributed by atoms with Crippen LogP contribution in [0.3, 0.4) is 0 Å². The topological polar surface area (TPSA) is 72.2 Å². The molecule has 0 spiro atoms. The Balaban J connectivity index is 2.48. The molecule has 0 bridgehead atoms. The number of benzene rings is 1. The Morgan fingerprint density at radius 3 is 2.50 bits per heavy atom. The van der Waals surface area contributed by atoms with Crippen LogP contribution < -0.4 is 5.32 Å². The van der Waals surface area contributed by atoms with Gasteiger partial charge in [-0.15, -0.1) is 0 Å². The van der Waals surface area contributed by atoms with Crippen molar-refractivity contribution >= 4 is 11.6 Å². The first-order valence-electron chi connectivity index (χ1n) is 6.34. The van der Waals surface area contributed by atoms with Gasteiger partial charge in [-0.1, -0.05) is 0 Å². The van der Waals surface area contributed by atoms with Crippen LogP contribution in [0.15, 0.2) is 12.1 Å². The third kappa shape index (κ3) is 2.51. The van der Waals surface area contributed by atoms with E-state index in [0.717, 1.165) is 6.07 Å². The van der Waals surface area contributed by atoms with Crippen LogP contribution in [0.1, 0.15) is 25.3 Å². The normalized spacial score (nSPS) is 28.3. The van der Waals surface area contributed by atoms with E-state index in [1.54, 1.807) is 0 Å². The molecule has 9 heteroatoms. The number of carbonyl (C=O) groups excluding carboxylic acids is 1. The summed E-state index contributed by atoms with van der Waals surface area (Å²) in [5.74, 6) is -4.13. The van der Waals surface area contributed by atoms with Crippen molar-refractivity contribution in [3.8, 4) is 0 Å². The molecular formula is C13H12F4N2O3. The van der Waals surface area contributed by atoms with Crippen molar-refractivity contribution in [1.29, 1.82) is 0 Å². The maximum atomic E-state index is 14.0. The van der Waals surface area contributed by atoms with Crippen molar-refractivity contribution in [3.63, 3.8) is 0 Å². The summed E-state index contributed by atoms with van der Waals surface area (Å²) in [5.41, 5.74) is -5.48. The Morgan fingerprint density at radius 1 is 1.36 bits per heavy atom. The molecule has 0 radical (unpaired) electrons. The monoisotopic (exact) mass is 320 g/mol. The number of nitro benzene ring substituents is 1. The number of carbonyl (C=O) groups is 1. The number of halogens is 4. The molecule has 2 atom stereocenters. The van der Waals surface area contributed by atoms with Crippen LogP contribution >= 0.6 is 0 Å². The molecular weight excluding hydrogens is 308 g/mol. The summed E-state index contributed by atoms with van der Waals surface area (Å²) in [6, 6.07) is 1.19. The molecule has 1 aliphatic rings. The zero-order valence-corrected chi connectivity index (χ0v) is 11.5. The van der Waals surface area contributed by atoms with E-state index in [9.17, 15) is 32.5 Å². The molecule has 1 unspecified atom stereocenters. The predicted molar refractivity (Wildman–Crippen MR) is 67.6 cm³/mol. The largest absolute Gasteiger partial charge is 0.344 e. The lowest BCUT2D eigenvalue weighted by Gasteiger charge is -2.40. The highest BCUT2D eigenvalue weighted by Gasteiger charge is 2.49. The summed E-state index contributed by atoms with van der Waals surface area (Å²) in [4.78, 5) is 21.5. The fourth-order valence-electron chi connectivity index (χ4n) is 2.40. The second kappa shape index (κ2) is 5.22. The molecule has 1 aromatic carbocycles. The molecule has 1 aliphatic heterocycles. The van der Waals surface area contributed by atoms with Crippen molar-refractivity contribution in [2.75, 3.05) is 6.67 Å². The average Bonchev–Trinajstić information content (AvgIpc) is 2.46. The second-order valence-electron chi connectivity index (χ2n) is 5.43. The van der Waals surface area contributed by atoms with Crippen LogP contribution in [0.25, 0.3) is 0 Å². The lowest BCUT2D eigenvalue weighted by molar-refractivity contribution is -0.385. The van der Waals surface area contributed by atoms with E-state index < -0.39 is 58.0 Å². The Labute approximate surface area is 122 Å². The van der Waals surface area contributed by atoms with Gasteiger partial charge in [0.15, 0.2) is 11.6 Å². The van der Waals surface area contributed by atoms with Gasteiger partial charge in [0.25, 0.3) is 11.6 Å². The molecule has 0 saturated carbocycles. The smallest absolute Gasteiger partial charge is 0.272 e. The number of nitrogens with zero attached hydrogens (tertiary/aromatic N) is 1. The van der Waals surface area contributed by atoms with E-state index >= 15 is 0 Å². The lowest BCUT2D eigenvalue weighted by atomic mass is 9.79. The Hall–Kier alpha value is -2.19. The van der Waals surface area contributed by atoms with Gasteiger partial charge < -0.3 is 5.32 Å². The average molecular weight is 320 g/mol. The van der Waals surface area contributed by atoms with E-state index in [4.69, 9.17) is 0 Å². The number of rotatable bonds is 3. The van der Waals surface area contributed by atoms with E-state index in [2.05, 4.69) is 5.32 Å². The third-order valence-corrected chi connectivity index (χ3v) is 3.85. The second-order valence-corrected chi connectivity index (χ2v) is 5.43. The van der Waals surface area contributed by atoms with Crippen LogP contribution in [0, 0.1) is 21.7 Å². The fraction of sp³-hybridized carbons (Fsp3) is 0.462. The zero-order chi connectivity index (χ0) is 16.7. The van der Waals surface area contributed by atoms with E-state index in [1.165, 1.54) is 6.92 Å². The van der Waals surface area contributed by atoms with Crippen LogP contribution in [0.4, 0.5) is 23.2 Å². The van der Waals surface area contributed by atoms with Crippen LogP contribution in [0.2, 0.25) is 0 Å². The van der Waals surface area contributed by atoms with Gasteiger partial charge in [0, 0.05) is 11.6 Å². The van der Waals surface area contributed by atoms with E-state index in [-0.39, 0.29) is 6.42 Å². The van der Waals surface area contributed by atoms with Gasteiger partial charge in [-0.25, -0.2) is 17.6 Å². The van der Waals surface area contributed by atoms with E-state index in [1.807, 2.05) is 0 Å². The molecule has 1 N–H and O–H groups in total. The number of piperidine rings is 1. The summed E-state index contributed by atoms with van der Waals surface area (Å²) < 4.78 is 54.0. The van der Waals surface area contributed by atoms with Crippen LogP contribution in [-0.2, 0) is 10.3 Å². The lowest BCUT2D eigenvalue weighted by Crippen LogP contribution is -2.58. The van der Waals surface area contributed by atoms with Gasteiger partial charge in [-0.3, -0.25) is 14.9 Å². The van der Waals surface area contributed by atoms with Crippen molar-refractivity contribution in [2.45, 2.75) is 31.0 Å². The first-order chi connectivity index (χ1) is 10.1. The summed E-state index contributed by atoms with van der Waals surface area (Å²) in [6.07, 6.45) is -0.785. The van der Waals surface area contributed by atoms with Crippen molar-refractivity contribution < 1.29 is 27.3 Å². The molecule has 120 valence electrons. The molecule has 5 nitrogen and oxygen atoms in total. The molecule has 2 rings (SSSR count). The number of hydrogen-bond donors (Lipinski definition) is 1. The van der Waals surface area contributed by atoms with Gasteiger partial charge in [0.05, 0.1) is 16.5 Å². The summed E-state index contributed by atoms with van der Waals surface area (Å²) in [7, 11) is 0. The number of alkyl halides is 2. The Kier molecular flexibility index (Phi) is 3.84. The predicted octanol–water partition coefficient (Wildman–Crippen LogP) is 2.68. The standard InChI is InChI=1S/C13H12F4N2O3/c1-12(2-3-13(17,6-14)11(20)18-12)8-4-7(19(21)22)5-9(15)10(8)16/h4-5H,2-3,6H2,1H3,(H,18,20)/t12?,13-/m1/s1. The van der Waals surface area contributed by atoms with Crippen LogP contribution in [-0.4, -0.2) is 23.2 Å². The molecule has 1 heterocycles. The quantitative estimate of drug-likeness (QED) is 0.529. The maximum absolute atomic E-state index is 14.0. The van der Waals surface area contributed by atoms with E-state index in [0.29, 0.717) is 6.07 Å².